The van der Waals surface area contributed by atoms with Crippen LogP contribution in [0.25, 0.3) is 0 Å². The number of ether oxygens (including phenoxy) is 1. The molecule has 0 heterocycles. The molecule has 8 heteroatoms. The van der Waals surface area contributed by atoms with Crippen LogP contribution < -0.4 is 13.9 Å². The molecule has 3 aromatic carbocycles. The summed E-state index contributed by atoms with van der Waals surface area (Å²) in [6.07, 6.45) is 0. The lowest BCUT2D eigenvalue weighted by Crippen LogP contribution is -2.41. The zero-order chi connectivity index (χ0) is 21.7. The molecule has 3 aromatic rings. The van der Waals surface area contributed by atoms with Gasteiger partial charge in [-0.05, 0) is 60.7 Å². The number of nitrogens with zero attached hydrogens (tertiary/aromatic N) is 2. The van der Waals surface area contributed by atoms with Crippen LogP contribution in [0.4, 0.5) is 15.8 Å². The largest absolute Gasteiger partial charge is 0.497 e. The van der Waals surface area contributed by atoms with Gasteiger partial charge in [0.15, 0.2) is 0 Å². The van der Waals surface area contributed by atoms with Crippen molar-refractivity contribution < 1.29 is 22.3 Å². The number of carbonyl (C=O) groups excluding carboxylic acids is 1. The van der Waals surface area contributed by atoms with E-state index in [4.69, 9.17) is 4.74 Å². The highest BCUT2D eigenvalue weighted by molar-refractivity contribution is 7.92. The molecule has 0 atom stereocenters. The number of sulfonamides is 1. The zero-order valence-corrected chi connectivity index (χ0v) is 17.3. The summed E-state index contributed by atoms with van der Waals surface area (Å²) in [5.41, 5.74) is 0.811. The number of halogens is 1. The molecule has 0 spiro atoms. The number of hydrogen-bond acceptors (Lipinski definition) is 4. The van der Waals surface area contributed by atoms with Crippen LogP contribution >= 0.6 is 0 Å². The predicted molar refractivity (Wildman–Crippen MR) is 114 cm³/mol. The van der Waals surface area contributed by atoms with Crippen LogP contribution in [-0.4, -0.2) is 35.0 Å². The topological polar surface area (TPSA) is 66.9 Å². The van der Waals surface area contributed by atoms with E-state index in [-0.39, 0.29) is 10.6 Å². The minimum absolute atomic E-state index is 0.0113. The highest BCUT2D eigenvalue weighted by Gasteiger charge is 2.28. The monoisotopic (exact) mass is 428 g/mol. The van der Waals surface area contributed by atoms with Crippen LogP contribution in [-0.2, 0) is 14.8 Å². The van der Waals surface area contributed by atoms with Crippen molar-refractivity contribution in [2.45, 2.75) is 4.90 Å². The highest BCUT2D eigenvalue weighted by Crippen LogP contribution is 2.26. The molecule has 6 nitrogen and oxygen atoms in total. The SMILES string of the molecule is COc1ccc(S(=O)(=O)N(CC(=O)N(C)c2ccccc2)c2ccc(F)cc2)cc1. The molecule has 0 aliphatic carbocycles. The molecule has 0 fully saturated rings. The summed E-state index contributed by atoms with van der Waals surface area (Å²) < 4.78 is 46.1. The van der Waals surface area contributed by atoms with E-state index in [0.717, 1.165) is 16.4 Å². The second-order valence-corrected chi connectivity index (χ2v) is 8.31. The third-order valence-electron chi connectivity index (χ3n) is 4.56. The first kappa shape index (κ1) is 21.3. The molecular formula is C22H21FN2O4S. The molecule has 3 rings (SSSR count). The Balaban J connectivity index is 1.97. The number of carbonyl (C=O) groups is 1. The first-order valence-corrected chi connectivity index (χ1v) is 10.5. The van der Waals surface area contributed by atoms with Crippen LogP contribution in [0, 0.1) is 5.82 Å². The molecule has 0 unspecified atom stereocenters. The summed E-state index contributed by atoms with van der Waals surface area (Å²) in [6.45, 7) is -0.453. The quantitative estimate of drug-likeness (QED) is 0.576. The summed E-state index contributed by atoms with van der Waals surface area (Å²) in [7, 11) is -1.05. The van der Waals surface area contributed by atoms with Crippen LogP contribution in [0.5, 0.6) is 5.75 Å². The van der Waals surface area contributed by atoms with Crippen LogP contribution in [0.1, 0.15) is 0 Å². The lowest BCUT2D eigenvalue weighted by atomic mass is 10.3. The van der Waals surface area contributed by atoms with Crippen molar-refractivity contribution >= 4 is 27.3 Å². The Morgan fingerprint density at radius 1 is 0.900 bits per heavy atom. The third kappa shape index (κ3) is 4.60. The predicted octanol–water partition coefficient (Wildman–Crippen LogP) is 3.69. The number of para-hydroxylation sites is 1. The fourth-order valence-electron chi connectivity index (χ4n) is 2.82. The van der Waals surface area contributed by atoms with Crippen molar-refractivity contribution in [3.63, 3.8) is 0 Å². The summed E-state index contributed by atoms with van der Waals surface area (Å²) in [4.78, 5) is 14.3. The Hall–Kier alpha value is -3.39. The lowest BCUT2D eigenvalue weighted by molar-refractivity contribution is -0.116. The van der Waals surface area contributed by atoms with Gasteiger partial charge >= 0.3 is 0 Å². The number of rotatable bonds is 7. The van der Waals surface area contributed by atoms with E-state index < -0.39 is 28.3 Å². The van der Waals surface area contributed by atoms with E-state index in [1.807, 2.05) is 6.07 Å². The number of benzene rings is 3. The van der Waals surface area contributed by atoms with Gasteiger partial charge in [0.1, 0.15) is 18.1 Å². The number of amides is 1. The van der Waals surface area contributed by atoms with Gasteiger partial charge in [0.05, 0.1) is 17.7 Å². The van der Waals surface area contributed by atoms with Gasteiger partial charge in [-0.2, -0.15) is 0 Å². The minimum atomic E-state index is -4.09. The summed E-state index contributed by atoms with van der Waals surface area (Å²) in [5, 5.41) is 0. The van der Waals surface area contributed by atoms with Gasteiger partial charge in [-0.25, -0.2) is 12.8 Å². The molecule has 1 amide bonds. The smallest absolute Gasteiger partial charge is 0.264 e. The Bertz CT molecular complexity index is 1100. The highest BCUT2D eigenvalue weighted by atomic mass is 32.2. The van der Waals surface area contributed by atoms with Gasteiger partial charge in [-0.3, -0.25) is 9.10 Å². The summed E-state index contributed by atoms with van der Waals surface area (Å²) in [6, 6.07) is 19.7. The molecule has 0 bridgehead atoms. The maximum atomic E-state index is 13.4. The molecule has 156 valence electrons. The van der Waals surface area contributed by atoms with E-state index in [0.29, 0.717) is 11.4 Å². The average Bonchev–Trinajstić information content (AvgIpc) is 2.78. The standard InChI is InChI=1S/C22H21FN2O4S/c1-24(18-6-4-3-5-7-18)22(26)16-25(19-10-8-17(23)9-11-19)30(27,28)21-14-12-20(29-2)13-15-21/h3-15H,16H2,1-2H3. The fraction of sp³-hybridized carbons (Fsp3) is 0.136. The Morgan fingerprint density at radius 3 is 2.07 bits per heavy atom. The number of hydrogen-bond donors (Lipinski definition) is 0. The fourth-order valence-corrected chi connectivity index (χ4v) is 4.24. The summed E-state index contributed by atoms with van der Waals surface area (Å²) in [5.74, 6) is -0.446. The molecule has 0 aromatic heterocycles. The van der Waals surface area contributed by atoms with E-state index >= 15 is 0 Å². The van der Waals surface area contributed by atoms with Crippen molar-refractivity contribution in [2.75, 3.05) is 29.9 Å². The van der Waals surface area contributed by atoms with Crippen molar-refractivity contribution in [3.8, 4) is 5.75 Å². The first-order valence-electron chi connectivity index (χ1n) is 9.07. The van der Waals surface area contributed by atoms with Crippen LogP contribution in [0.15, 0.2) is 83.8 Å². The second-order valence-electron chi connectivity index (χ2n) is 6.45. The number of anilines is 2. The lowest BCUT2D eigenvalue weighted by Gasteiger charge is -2.26. The molecule has 0 N–H and O–H groups in total. The minimum Gasteiger partial charge on any atom is -0.497 e. The molecule has 0 saturated carbocycles. The summed E-state index contributed by atoms with van der Waals surface area (Å²) >= 11 is 0. The Kier molecular flexibility index (Phi) is 6.37. The third-order valence-corrected chi connectivity index (χ3v) is 6.35. The zero-order valence-electron chi connectivity index (χ0n) is 16.5. The maximum Gasteiger partial charge on any atom is 0.264 e. The Morgan fingerprint density at radius 2 is 1.50 bits per heavy atom. The van der Waals surface area contributed by atoms with E-state index in [9.17, 15) is 17.6 Å². The van der Waals surface area contributed by atoms with E-state index in [1.54, 1.807) is 31.3 Å². The number of likely N-dealkylation sites (N-methyl/N-ethyl adjacent to an activating group) is 1. The average molecular weight is 428 g/mol. The molecular weight excluding hydrogens is 407 g/mol. The van der Waals surface area contributed by atoms with Crippen molar-refractivity contribution in [1.29, 1.82) is 0 Å². The second kappa shape index (κ2) is 8.96. The van der Waals surface area contributed by atoms with Gasteiger partial charge in [0.25, 0.3) is 10.0 Å². The first-order chi connectivity index (χ1) is 14.3. The van der Waals surface area contributed by atoms with Gasteiger partial charge in [0, 0.05) is 12.7 Å². The van der Waals surface area contributed by atoms with Crippen molar-refractivity contribution in [1.82, 2.24) is 0 Å². The normalized spacial score (nSPS) is 11.0. The van der Waals surface area contributed by atoms with E-state index in [2.05, 4.69) is 0 Å². The molecule has 0 aliphatic heterocycles. The van der Waals surface area contributed by atoms with E-state index in [1.165, 1.54) is 48.4 Å². The van der Waals surface area contributed by atoms with Crippen LogP contribution in [0.3, 0.4) is 0 Å². The molecule has 0 radical (unpaired) electrons. The van der Waals surface area contributed by atoms with Crippen LogP contribution in [0.2, 0.25) is 0 Å². The Labute approximate surface area is 175 Å². The molecule has 30 heavy (non-hydrogen) atoms. The van der Waals surface area contributed by atoms with Gasteiger partial charge in [-0.15, -0.1) is 0 Å². The van der Waals surface area contributed by atoms with Crippen molar-refractivity contribution in [3.05, 3.63) is 84.7 Å². The van der Waals surface area contributed by atoms with Gasteiger partial charge < -0.3 is 9.64 Å². The van der Waals surface area contributed by atoms with Gasteiger partial charge in [0.2, 0.25) is 5.91 Å². The maximum absolute atomic E-state index is 13.4. The van der Waals surface area contributed by atoms with Crippen molar-refractivity contribution in [2.24, 2.45) is 0 Å². The molecule has 0 aliphatic rings. The van der Waals surface area contributed by atoms with Gasteiger partial charge in [-0.1, -0.05) is 18.2 Å². The number of methoxy groups -OCH3 is 1. The molecule has 0 saturated heterocycles.